The molecule has 0 unspecified atom stereocenters. The van der Waals surface area contributed by atoms with Crippen molar-refractivity contribution in [3.63, 3.8) is 0 Å². The fourth-order valence-electron chi connectivity index (χ4n) is 1.28. The van der Waals surface area contributed by atoms with E-state index in [4.69, 9.17) is 10.9 Å². The van der Waals surface area contributed by atoms with Gasteiger partial charge in [-0.2, -0.15) is 0 Å². The van der Waals surface area contributed by atoms with Gasteiger partial charge in [-0.25, -0.2) is 10.6 Å². The van der Waals surface area contributed by atoms with Crippen LogP contribution in [0.5, 0.6) is 0 Å². The Hall–Kier alpha value is -0.810. The molecule has 0 aromatic carbocycles. The maximum atomic E-state index is 11.2. The highest BCUT2D eigenvalue weighted by Gasteiger charge is 2.22. The quantitative estimate of drug-likeness (QED) is 0.291. The SMILES string of the molecule is CN(N)C(=O)N1CCC(O)CC1. The van der Waals surface area contributed by atoms with Gasteiger partial charge in [0.1, 0.15) is 0 Å². The second kappa shape index (κ2) is 3.73. The van der Waals surface area contributed by atoms with Crippen molar-refractivity contribution in [2.24, 2.45) is 5.84 Å². The molecule has 5 heteroatoms. The van der Waals surface area contributed by atoms with Crippen LogP contribution in [0, 0.1) is 0 Å². The van der Waals surface area contributed by atoms with E-state index in [1.807, 2.05) is 0 Å². The van der Waals surface area contributed by atoms with Crippen molar-refractivity contribution in [2.45, 2.75) is 18.9 Å². The van der Waals surface area contributed by atoms with E-state index in [9.17, 15) is 4.79 Å². The summed E-state index contributed by atoms with van der Waals surface area (Å²) in [7, 11) is 1.52. The summed E-state index contributed by atoms with van der Waals surface area (Å²) in [6, 6.07) is -0.179. The Morgan fingerprint density at radius 2 is 2.08 bits per heavy atom. The van der Waals surface area contributed by atoms with Crippen LogP contribution >= 0.6 is 0 Å². The molecule has 2 amide bonds. The minimum atomic E-state index is -0.253. The second-order valence-corrected chi connectivity index (χ2v) is 3.11. The Balaban J connectivity index is 2.39. The van der Waals surface area contributed by atoms with Gasteiger partial charge < -0.3 is 10.0 Å². The molecule has 0 aromatic rings. The summed E-state index contributed by atoms with van der Waals surface area (Å²) in [6.45, 7) is 1.20. The lowest BCUT2D eigenvalue weighted by Gasteiger charge is -2.31. The number of hydrogen-bond donors (Lipinski definition) is 2. The second-order valence-electron chi connectivity index (χ2n) is 3.11. The Morgan fingerprint density at radius 1 is 1.58 bits per heavy atom. The molecule has 12 heavy (non-hydrogen) atoms. The van der Waals surface area contributed by atoms with Crippen molar-refractivity contribution in [3.05, 3.63) is 0 Å². The number of urea groups is 1. The van der Waals surface area contributed by atoms with Crippen molar-refractivity contribution < 1.29 is 9.90 Å². The Labute approximate surface area is 71.7 Å². The molecule has 0 bridgehead atoms. The highest BCUT2D eigenvalue weighted by atomic mass is 16.3. The lowest BCUT2D eigenvalue weighted by molar-refractivity contribution is 0.0841. The summed E-state index contributed by atoms with van der Waals surface area (Å²) in [5, 5.41) is 10.2. The third-order valence-electron chi connectivity index (χ3n) is 2.04. The molecule has 1 aliphatic heterocycles. The summed E-state index contributed by atoms with van der Waals surface area (Å²) >= 11 is 0. The normalized spacial score (nSPS) is 19.4. The zero-order chi connectivity index (χ0) is 9.14. The number of rotatable bonds is 0. The molecule has 3 N–H and O–H groups in total. The van der Waals surface area contributed by atoms with Gasteiger partial charge in [-0.3, -0.25) is 5.01 Å². The van der Waals surface area contributed by atoms with Gasteiger partial charge >= 0.3 is 6.03 Å². The number of nitrogens with zero attached hydrogens (tertiary/aromatic N) is 2. The first kappa shape index (κ1) is 9.28. The highest BCUT2D eigenvalue weighted by molar-refractivity contribution is 5.73. The Kier molecular flexibility index (Phi) is 2.88. The highest BCUT2D eigenvalue weighted by Crippen LogP contribution is 2.10. The predicted molar refractivity (Wildman–Crippen MR) is 44.2 cm³/mol. The number of hydrogen-bond acceptors (Lipinski definition) is 3. The van der Waals surface area contributed by atoms with Crippen molar-refractivity contribution in [1.29, 1.82) is 0 Å². The molecule has 1 heterocycles. The molecule has 1 saturated heterocycles. The van der Waals surface area contributed by atoms with E-state index >= 15 is 0 Å². The minimum absolute atomic E-state index is 0.179. The van der Waals surface area contributed by atoms with Gasteiger partial charge in [-0.15, -0.1) is 0 Å². The van der Waals surface area contributed by atoms with E-state index in [1.54, 1.807) is 4.90 Å². The molecule has 0 atom stereocenters. The van der Waals surface area contributed by atoms with Gasteiger partial charge in [0.25, 0.3) is 0 Å². The molecule has 0 spiro atoms. The lowest BCUT2D eigenvalue weighted by atomic mass is 10.1. The lowest BCUT2D eigenvalue weighted by Crippen LogP contribution is -2.48. The number of nitrogens with two attached hydrogens (primary N) is 1. The maximum absolute atomic E-state index is 11.2. The van der Waals surface area contributed by atoms with Crippen LogP contribution in [0.3, 0.4) is 0 Å². The molecule has 70 valence electrons. The molecule has 1 rings (SSSR count). The molecule has 1 fully saturated rings. The number of likely N-dealkylation sites (tertiary alicyclic amines) is 1. The predicted octanol–water partition coefficient (Wildman–Crippen LogP) is -0.631. The van der Waals surface area contributed by atoms with E-state index in [-0.39, 0.29) is 12.1 Å². The van der Waals surface area contributed by atoms with Crippen LogP contribution in [0.15, 0.2) is 0 Å². The smallest absolute Gasteiger partial charge is 0.333 e. The van der Waals surface area contributed by atoms with Gasteiger partial charge in [-0.05, 0) is 12.8 Å². The molecule has 0 radical (unpaired) electrons. The molecule has 0 aliphatic carbocycles. The van der Waals surface area contributed by atoms with Gasteiger partial charge in [-0.1, -0.05) is 0 Å². The topological polar surface area (TPSA) is 69.8 Å². The molecule has 5 nitrogen and oxygen atoms in total. The number of carbonyl (C=O) groups excluding carboxylic acids is 1. The zero-order valence-corrected chi connectivity index (χ0v) is 7.23. The van der Waals surface area contributed by atoms with E-state index in [1.165, 1.54) is 7.05 Å². The molecular formula is C7H15N3O2. The van der Waals surface area contributed by atoms with Crippen molar-refractivity contribution in [2.75, 3.05) is 20.1 Å². The van der Waals surface area contributed by atoms with E-state index in [0.29, 0.717) is 25.9 Å². The number of aliphatic hydroxyl groups excluding tert-OH is 1. The minimum Gasteiger partial charge on any atom is -0.393 e. The first-order chi connectivity index (χ1) is 5.61. The van der Waals surface area contributed by atoms with Crippen molar-refractivity contribution in [3.8, 4) is 0 Å². The first-order valence-corrected chi connectivity index (χ1v) is 4.06. The van der Waals surface area contributed by atoms with E-state index in [2.05, 4.69) is 0 Å². The summed E-state index contributed by atoms with van der Waals surface area (Å²) in [6.07, 6.45) is 1.05. The van der Waals surface area contributed by atoms with Crippen LogP contribution in [-0.4, -0.2) is 47.3 Å². The molecular weight excluding hydrogens is 158 g/mol. The molecule has 0 aromatic heterocycles. The zero-order valence-electron chi connectivity index (χ0n) is 7.23. The number of aliphatic hydroxyl groups is 1. The van der Waals surface area contributed by atoms with Gasteiger partial charge in [0.05, 0.1) is 6.10 Å². The van der Waals surface area contributed by atoms with Gasteiger partial charge in [0.2, 0.25) is 0 Å². The summed E-state index contributed by atoms with van der Waals surface area (Å²) in [5.41, 5.74) is 0. The summed E-state index contributed by atoms with van der Waals surface area (Å²) < 4.78 is 0. The number of amides is 2. The first-order valence-electron chi connectivity index (χ1n) is 4.06. The standard InChI is InChI=1S/C7H15N3O2/c1-9(8)7(12)10-4-2-6(11)3-5-10/h6,11H,2-5,8H2,1H3. The summed E-state index contributed by atoms with van der Waals surface area (Å²) in [4.78, 5) is 12.9. The Bertz CT molecular complexity index is 164. The number of hydrazine groups is 1. The third-order valence-corrected chi connectivity index (χ3v) is 2.04. The molecule has 0 saturated carbocycles. The van der Waals surface area contributed by atoms with Gasteiger partial charge in [0.15, 0.2) is 0 Å². The average Bonchev–Trinajstić information content (AvgIpc) is 2.04. The monoisotopic (exact) mass is 173 g/mol. The van der Waals surface area contributed by atoms with E-state index < -0.39 is 0 Å². The number of piperidine rings is 1. The van der Waals surface area contributed by atoms with Crippen LogP contribution in [0.2, 0.25) is 0 Å². The fourth-order valence-corrected chi connectivity index (χ4v) is 1.28. The average molecular weight is 173 g/mol. The third kappa shape index (κ3) is 2.09. The maximum Gasteiger partial charge on any atom is 0.333 e. The largest absolute Gasteiger partial charge is 0.393 e. The van der Waals surface area contributed by atoms with Crippen molar-refractivity contribution >= 4 is 6.03 Å². The van der Waals surface area contributed by atoms with Crippen molar-refractivity contribution in [1.82, 2.24) is 9.91 Å². The van der Waals surface area contributed by atoms with Crippen LogP contribution < -0.4 is 5.84 Å². The van der Waals surface area contributed by atoms with Gasteiger partial charge in [0, 0.05) is 20.1 Å². The van der Waals surface area contributed by atoms with Crippen LogP contribution in [-0.2, 0) is 0 Å². The Morgan fingerprint density at radius 3 is 2.50 bits per heavy atom. The van der Waals surface area contributed by atoms with E-state index in [0.717, 1.165) is 5.01 Å². The van der Waals surface area contributed by atoms with Crippen LogP contribution in [0.4, 0.5) is 4.79 Å². The number of carbonyl (C=O) groups is 1. The summed E-state index contributed by atoms with van der Waals surface area (Å²) in [5.74, 6) is 5.28. The fraction of sp³-hybridized carbons (Fsp3) is 0.857. The van der Waals surface area contributed by atoms with Crippen LogP contribution in [0.25, 0.3) is 0 Å². The molecule has 1 aliphatic rings. The van der Waals surface area contributed by atoms with Crippen LogP contribution in [0.1, 0.15) is 12.8 Å².